The predicted octanol–water partition coefficient (Wildman–Crippen LogP) is 4.40. The van der Waals surface area contributed by atoms with Crippen molar-refractivity contribution < 1.29 is 18.9 Å². The Morgan fingerprint density at radius 1 is 1.10 bits per heavy atom. The molecule has 2 heterocycles. The summed E-state index contributed by atoms with van der Waals surface area (Å²) in [6.07, 6.45) is 1.53. The number of nitrogens with one attached hydrogen (secondary N) is 1. The van der Waals surface area contributed by atoms with Crippen molar-refractivity contribution in [3.63, 3.8) is 0 Å². The lowest BCUT2D eigenvalue weighted by Crippen LogP contribution is -2.44. The molecule has 0 unspecified atom stereocenters. The van der Waals surface area contributed by atoms with Gasteiger partial charge >= 0.3 is 0 Å². The first-order valence-electron chi connectivity index (χ1n) is 8.91. The number of hydrogen-bond donors (Lipinski definition) is 1. The highest BCUT2D eigenvalue weighted by Gasteiger charge is 2.34. The number of hydrogen-bond acceptors (Lipinski definition) is 7. The van der Waals surface area contributed by atoms with Crippen molar-refractivity contribution in [3.05, 3.63) is 93.1 Å². The minimum absolute atomic E-state index is 0.0169. The molecule has 0 spiro atoms. The van der Waals surface area contributed by atoms with Crippen LogP contribution in [0.4, 0.5) is 5.69 Å². The topological polar surface area (TPSA) is 106 Å². The van der Waals surface area contributed by atoms with Crippen LogP contribution in [0.3, 0.4) is 0 Å². The van der Waals surface area contributed by atoms with Crippen LogP contribution in [-0.2, 0) is 4.79 Å². The van der Waals surface area contributed by atoms with Gasteiger partial charge in [-0.05, 0) is 48.6 Å². The molecule has 0 radical (unpaired) electrons. The van der Waals surface area contributed by atoms with Gasteiger partial charge in [-0.15, -0.1) is 0 Å². The predicted molar refractivity (Wildman–Crippen MR) is 120 cm³/mol. The molecule has 3 aromatic rings. The third-order valence-corrected chi connectivity index (χ3v) is 5.61. The second kappa shape index (κ2) is 8.54. The zero-order chi connectivity index (χ0) is 22.0. The molecule has 4 rings (SSSR count). The minimum Gasteiger partial charge on any atom is -0.457 e. The smallest absolute Gasteiger partial charge is 0.285 e. The number of hydrazine groups is 1. The quantitative estimate of drug-likeness (QED) is 0.265. The number of rotatable bonds is 5. The third-order valence-electron chi connectivity index (χ3n) is 4.31. The zero-order valence-electron chi connectivity index (χ0n) is 15.7. The van der Waals surface area contributed by atoms with Crippen molar-refractivity contribution in [1.82, 2.24) is 10.4 Å². The summed E-state index contributed by atoms with van der Waals surface area (Å²) in [5.41, 5.74) is 3.56. The van der Waals surface area contributed by atoms with Gasteiger partial charge in [0, 0.05) is 29.3 Å². The van der Waals surface area contributed by atoms with Crippen molar-refractivity contribution in [2.45, 2.75) is 0 Å². The van der Waals surface area contributed by atoms with Gasteiger partial charge in [-0.25, -0.2) is 0 Å². The fourth-order valence-corrected chi connectivity index (χ4v) is 3.94. The van der Waals surface area contributed by atoms with Crippen LogP contribution in [-0.4, -0.2) is 26.1 Å². The van der Waals surface area contributed by atoms with Gasteiger partial charge in [-0.1, -0.05) is 30.0 Å². The summed E-state index contributed by atoms with van der Waals surface area (Å²) in [7, 11) is 0. The third kappa shape index (κ3) is 4.39. The molecule has 2 amide bonds. The van der Waals surface area contributed by atoms with Gasteiger partial charge in [0.15, 0.2) is 4.32 Å². The van der Waals surface area contributed by atoms with Gasteiger partial charge < -0.3 is 4.42 Å². The molecule has 31 heavy (non-hydrogen) atoms. The Hall–Kier alpha value is -3.76. The Morgan fingerprint density at radius 3 is 2.48 bits per heavy atom. The van der Waals surface area contributed by atoms with E-state index in [0.29, 0.717) is 27.6 Å². The molecule has 1 aliphatic rings. The number of non-ortho nitro benzene ring substituents is 1. The van der Waals surface area contributed by atoms with Crippen LogP contribution in [0.2, 0.25) is 0 Å². The number of amides is 2. The van der Waals surface area contributed by atoms with E-state index < -0.39 is 16.7 Å². The van der Waals surface area contributed by atoms with E-state index in [9.17, 15) is 19.7 Å². The molecule has 8 nitrogen and oxygen atoms in total. The van der Waals surface area contributed by atoms with E-state index in [1.54, 1.807) is 54.6 Å². The van der Waals surface area contributed by atoms with Crippen molar-refractivity contribution >= 4 is 51.9 Å². The molecule has 0 aliphatic carbocycles. The van der Waals surface area contributed by atoms with Crippen LogP contribution in [0.1, 0.15) is 16.1 Å². The SMILES string of the molecule is O=C(NN1C(=O)C(=Cc2ccc(-c3ccc([N+](=O)[O-])cc3)o2)SC1=S)c1ccccc1. The summed E-state index contributed by atoms with van der Waals surface area (Å²) in [5, 5.41) is 11.8. The highest BCUT2D eigenvalue weighted by molar-refractivity contribution is 8.26. The molecule has 0 saturated carbocycles. The molecular formula is C21H13N3O5S2. The highest BCUT2D eigenvalue weighted by Crippen LogP contribution is 2.33. The molecule has 10 heteroatoms. The van der Waals surface area contributed by atoms with Crippen molar-refractivity contribution in [1.29, 1.82) is 0 Å². The van der Waals surface area contributed by atoms with Gasteiger partial charge in [0.1, 0.15) is 11.5 Å². The Morgan fingerprint density at radius 2 is 1.81 bits per heavy atom. The summed E-state index contributed by atoms with van der Waals surface area (Å²) >= 11 is 6.26. The molecule has 0 atom stereocenters. The van der Waals surface area contributed by atoms with E-state index >= 15 is 0 Å². The molecule has 2 aromatic carbocycles. The average Bonchev–Trinajstić information content (AvgIpc) is 3.35. The normalized spacial score (nSPS) is 14.8. The highest BCUT2D eigenvalue weighted by atomic mass is 32.2. The summed E-state index contributed by atoms with van der Waals surface area (Å²) < 4.78 is 5.94. The summed E-state index contributed by atoms with van der Waals surface area (Å²) in [6.45, 7) is 0. The maximum Gasteiger partial charge on any atom is 0.285 e. The summed E-state index contributed by atoms with van der Waals surface area (Å²) in [5.74, 6) is -0.0126. The maximum absolute atomic E-state index is 12.7. The summed E-state index contributed by atoms with van der Waals surface area (Å²) in [6, 6.07) is 17.8. The van der Waals surface area contributed by atoms with Gasteiger partial charge in [-0.2, -0.15) is 5.01 Å². The number of furan rings is 1. The second-order valence-corrected chi connectivity index (χ2v) is 8.01. The Bertz CT molecular complexity index is 1220. The minimum atomic E-state index is -0.476. The molecule has 1 aliphatic heterocycles. The molecule has 1 fully saturated rings. The van der Waals surface area contributed by atoms with Crippen LogP contribution in [0.25, 0.3) is 17.4 Å². The maximum atomic E-state index is 12.7. The molecule has 0 bridgehead atoms. The number of nitrogens with zero attached hydrogens (tertiary/aromatic N) is 2. The molecule has 1 saturated heterocycles. The monoisotopic (exact) mass is 451 g/mol. The van der Waals surface area contributed by atoms with Crippen LogP contribution in [0.5, 0.6) is 0 Å². The van der Waals surface area contributed by atoms with Crippen molar-refractivity contribution in [3.8, 4) is 11.3 Å². The molecular weight excluding hydrogens is 438 g/mol. The van der Waals surface area contributed by atoms with E-state index in [1.165, 1.54) is 18.2 Å². The van der Waals surface area contributed by atoms with Gasteiger partial charge in [0.25, 0.3) is 17.5 Å². The first kappa shape index (κ1) is 20.5. The van der Waals surface area contributed by atoms with E-state index in [0.717, 1.165) is 16.8 Å². The molecule has 154 valence electrons. The van der Waals surface area contributed by atoms with Crippen LogP contribution < -0.4 is 5.43 Å². The number of nitro benzene ring substituents is 1. The van der Waals surface area contributed by atoms with Crippen LogP contribution in [0.15, 0.2) is 76.1 Å². The number of carbonyl (C=O) groups is 2. The summed E-state index contributed by atoms with van der Waals surface area (Å²) in [4.78, 5) is 35.6. The number of nitro groups is 1. The van der Waals surface area contributed by atoms with Gasteiger partial charge in [0.05, 0.1) is 9.83 Å². The van der Waals surface area contributed by atoms with E-state index in [-0.39, 0.29) is 10.0 Å². The lowest BCUT2D eigenvalue weighted by Gasteiger charge is -2.15. The Kier molecular flexibility index (Phi) is 5.65. The van der Waals surface area contributed by atoms with Gasteiger partial charge in [0.2, 0.25) is 0 Å². The Labute approximate surface area is 185 Å². The first-order valence-corrected chi connectivity index (χ1v) is 10.1. The number of thioether (sulfide) groups is 1. The van der Waals surface area contributed by atoms with Crippen molar-refractivity contribution in [2.24, 2.45) is 0 Å². The largest absolute Gasteiger partial charge is 0.457 e. The number of thiocarbonyl (C=S) groups is 1. The number of carbonyl (C=O) groups excluding carboxylic acids is 2. The fraction of sp³-hybridized carbons (Fsp3) is 0. The zero-order valence-corrected chi connectivity index (χ0v) is 17.3. The fourth-order valence-electron chi connectivity index (χ4n) is 2.78. The van der Waals surface area contributed by atoms with Crippen molar-refractivity contribution in [2.75, 3.05) is 0 Å². The lowest BCUT2D eigenvalue weighted by atomic mass is 10.1. The molecule has 1 aromatic heterocycles. The lowest BCUT2D eigenvalue weighted by molar-refractivity contribution is -0.384. The standard InChI is InChI=1S/C21H13N3O5S2/c25-19(14-4-2-1-3-5-14)22-23-20(26)18(31-21(23)30)12-16-10-11-17(29-16)13-6-8-15(9-7-13)24(27)28/h1-12H,(H,22,25). The first-order chi connectivity index (χ1) is 14.9. The van der Waals surface area contributed by atoms with Gasteiger partial charge in [-0.3, -0.25) is 25.1 Å². The van der Waals surface area contributed by atoms with Crippen LogP contribution >= 0.6 is 24.0 Å². The van der Waals surface area contributed by atoms with E-state index in [1.807, 2.05) is 0 Å². The second-order valence-electron chi connectivity index (χ2n) is 6.33. The average molecular weight is 451 g/mol. The Balaban J connectivity index is 1.49. The number of benzene rings is 2. The van der Waals surface area contributed by atoms with Crippen LogP contribution in [0, 0.1) is 10.1 Å². The van der Waals surface area contributed by atoms with E-state index in [4.69, 9.17) is 16.6 Å². The van der Waals surface area contributed by atoms with E-state index in [2.05, 4.69) is 5.43 Å². The molecule has 1 N–H and O–H groups in total.